The van der Waals surface area contributed by atoms with E-state index in [1.165, 1.54) is 43.5 Å². The van der Waals surface area contributed by atoms with Crippen LogP contribution in [0.15, 0.2) is 54.2 Å². The number of anilines is 2. The molecule has 0 spiro atoms. The van der Waals surface area contributed by atoms with E-state index in [2.05, 4.69) is 15.5 Å². The van der Waals surface area contributed by atoms with Crippen LogP contribution >= 0.6 is 0 Å². The molecule has 160 valence electrons. The molecule has 2 aromatic rings. The van der Waals surface area contributed by atoms with Crippen LogP contribution in [0, 0.1) is 5.82 Å². The van der Waals surface area contributed by atoms with Crippen LogP contribution in [0.5, 0.6) is 0 Å². The number of nitrogens with one attached hydrogen (secondary N) is 2. The number of carbonyl (C=O) groups is 3. The van der Waals surface area contributed by atoms with E-state index in [-0.39, 0.29) is 5.70 Å². The number of halogens is 1. The Morgan fingerprint density at radius 2 is 1.68 bits per heavy atom. The van der Waals surface area contributed by atoms with Crippen LogP contribution in [-0.4, -0.2) is 42.4 Å². The topological polar surface area (TPSA) is 81.8 Å². The quantitative estimate of drug-likeness (QED) is 0.572. The molecule has 4 amide bonds. The van der Waals surface area contributed by atoms with Gasteiger partial charge in [0.2, 0.25) is 5.91 Å². The predicted molar refractivity (Wildman–Crippen MR) is 116 cm³/mol. The molecule has 31 heavy (non-hydrogen) atoms. The smallest absolute Gasteiger partial charge is 0.329 e. The molecule has 7 nitrogen and oxygen atoms in total. The van der Waals surface area contributed by atoms with Gasteiger partial charge in [0.25, 0.3) is 5.91 Å². The van der Waals surface area contributed by atoms with Gasteiger partial charge in [0.15, 0.2) is 0 Å². The van der Waals surface area contributed by atoms with Gasteiger partial charge in [0.05, 0.1) is 0 Å². The Hall–Kier alpha value is -3.68. The molecular formula is C23H23FN4O3. The van der Waals surface area contributed by atoms with Gasteiger partial charge >= 0.3 is 6.03 Å². The third kappa shape index (κ3) is 4.91. The van der Waals surface area contributed by atoms with Crippen molar-refractivity contribution in [3.63, 3.8) is 0 Å². The van der Waals surface area contributed by atoms with Crippen LogP contribution in [-0.2, 0) is 9.59 Å². The van der Waals surface area contributed by atoms with E-state index in [9.17, 15) is 18.8 Å². The lowest BCUT2D eigenvalue weighted by molar-refractivity contribution is -0.127. The molecule has 2 fully saturated rings. The maximum Gasteiger partial charge on any atom is 0.329 e. The fraction of sp³-hybridized carbons (Fsp3) is 0.261. The number of benzene rings is 2. The van der Waals surface area contributed by atoms with Crippen molar-refractivity contribution in [3.8, 4) is 0 Å². The molecule has 2 aliphatic rings. The highest BCUT2D eigenvalue weighted by Crippen LogP contribution is 2.22. The SMILES string of the molecule is O=C(CN1C(=O)N/C(=C\c2ccc(N3CCCCC3)cc2)C1=O)Nc1ccc(F)cc1. The lowest BCUT2D eigenvalue weighted by atomic mass is 10.1. The molecule has 0 unspecified atom stereocenters. The van der Waals surface area contributed by atoms with Gasteiger partial charge in [-0.05, 0) is 67.3 Å². The number of nitrogens with zero attached hydrogens (tertiary/aromatic N) is 2. The molecule has 0 aliphatic carbocycles. The first kappa shape index (κ1) is 20.6. The minimum atomic E-state index is -0.657. The maximum atomic E-state index is 13.0. The predicted octanol–water partition coefficient (Wildman–Crippen LogP) is 3.35. The van der Waals surface area contributed by atoms with E-state index in [4.69, 9.17) is 0 Å². The van der Waals surface area contributed by atoms with Crippen molar-refractivity contribution in [2.45, 2.75) is 19.3 Å². The Kier molecular flexibility index (Phi) is 5.97. The third-order valence-corrected chi connectivity index (χ3v) is 5.32. The van der Waals surface area contributed by atoms with Crippen molar-refractivity contribution in [3.05, 3.63) is 65.6 Å². The van der Waals surface area contributed by atoms with Gasteiger partial charge in [-0.1, -0.05) is 12.1 Å². The molecule has 4 rings (SSSR count). The minimum Gasteiger partial charge on any atom is -0.372 e. The van der Waals surface area contributed by atoms with Crippen LogP contribution in [0.3, 0.4) is 0 Å². The molecule has 0 bridgehead atoms. The number of hydrogen-bond donors (Lipinski definition) is 2. The Labute approximate surface area is 179 Å². The Balaban J connectivity index is 1.39. The summed E-state index contributed by atoms with van der Waals surface area (Å²) in [6.07, 6.45) is 5.24. The van der Waals surface area contributed by atoms with E-state index in [1.807, 2.05) is 24.3 Å². The van der Waals surface area contributed by atoms with E-state index in [1.54, 1.807) is 6.08 Å². The van der Waals surface area contributed by atoms with Crippen LogP contribution in [0.2, 0.25) is 0 Å². The standard InChI is InChI=1S/C23H23FN4O3/c24-17-6-8-18(9-7-17)25-21(29)15-28-22(30)20(26-23(28)31)14-16-4-10-19(11-5-16)27-12-2-1-3-13-27/h4-11,14H,1-3,12-13,15H2,(H,25,29)(H,26,31)/b20-14-. The molecule has 0 radical (unpaired) electrons. The average Bonchev–Trinajstić information content (AvgIpc) is 3.04. The van der Waals surface area contributed by atoms with Crippen molar-refractivity contribution >= 4 is 35.3 Å². The van der Waals surface area contributed by atoms with Crippen molar-refractivity contribution in [2.24, 2.45) is 0 Å². The molecule has 0 aromatic heterocycles. The largest absolute Gasteiger partial charge is 0.372 e. The van der Waals surface area contributed by atoms with Crippen molar-refractivity contribution < 1.29 is 18.8 Å². The third-order valence-electron chi connectivity index (χ3n) is 5.32. The summed E-state index contributed by atoms with van der Waals surface area (Å²) in [6, 6.07) is 12.4. The van der Waals surface area contributed by atoms with E-state index in [0.717, 1.165) is 29.2 Å². The Morgan fingerprint density at radius 1 is 1.00 bits per heavy atom. The van der Waals surface area contributed by atoms with Gasteiger partial charge in [-0.3, -0.25) is 9.59 Å². The van der Waals surface area contributed by atoms with Crippen LogP contribution < -0.4 is 15.5 Å². The molecule has 2 saturated heterocycles. The minimum absolute atomic E-state index is 0.116. The summed E-state index contributed by atoms with van der Waals surface area (Å²) < 4.78 is 13.0. The fourth-order valence-corrected chi connectivity index (χ4v) is 3.69. The van der Waals surface area contributed by atoms with Gasteiger partial charge in [-0.25, -0.2) is 14.1 Å². The molecule has 2 aromatic carbocycles. The van der Waals surface area contributed by atoms with Crippen LogP contribution in [0.25, 0.3) is 6.08 Å². The highest BCUT2D eigenvalue weighted by Gasteiger charge is 2.34. The highest BCUT2D eigenvalue weighted by molar-refractivity contribution is 6.15. The van der Waals surface area contributed by atoms with E-state index < -0.39 is 30.2 Å². The number of imide groups is 1. The second kappa shape index (κ2) is 8.99. The first-order chi connectivity index (χ1) is 15.0. The average molecular weight is 422 g/mol. The zero-order valence-corrected chi connectivity index (χ0v) is 16.9. The lowest BCUT2D eigenvalue weighted by Crippen LogP contribution is -2.38. The monoisotopic (exact) mass is 422 g/mol. The number of rotatable bonds is 5. The van der Waals surface area contributed by atoms with E-state index >= 15 is 0 Å². The lowest BCUT2D eigenvalue weighted by Gasteiger charge is -2.28. The number of carbonyl (C=O) groups excluding carboxylic acids is 3. The number of piperidine rings is 1. The molecular weight excluding hydrogens is 399 g/mol. The summed E-state index contributed by atoms with van der Waals surface area (Å²) in [7, 11) is 0. The zero-order chi connectivity index (χ0) is 21.8. The molecule has 2 N–H and O–H groups in total. The molecule has 0 saturated carbocycles. The zero-order valence-electron chi connectivity index (χ0n) is 16.9. The summed E-state index contributed by atoms with van der Waals surface area (Å²) in [5.74, 6) is -1.55. The maximum absolute atomic E-state index is 13.0. The van der Waals surface area contributed by atoms with Crippen LogP contribution in [0.1, 0.15) is 24.8 Å². The van der Waals surface area contributed by atoms with Crippen molar-refractivity contribution in [2.75, 3.05) is 29.9 Å². The summed E-state index contributed by atoms with van der Waals surface area (Å²) in [6.45, 7) is 1.65. The second-order valence-electron chi connectivity index (χ2n) is 7.57. The molecule has 8 heteroatoms. The van der Waals surface area contributed by atoms with E-state index in [0.29, 0.717) is 5.69 Å². The van der Waals surface area contributed by atoms with Crippen molar-refractivity contribution in [1.82, 2.24) is 10.2 Å². The van der Waals surface area contributed by atoms with Gasteiger partial charge in [-0.15, -0.1) is 0 Å². The first-order valence-corrected chi connectivity index (χ1v) is 10.2. The number of hydrogen-bond acceptors (Lipinski definition) is 4. The Morgan fingerprint density at radius 3 is 2.35 bits per heavy atom. The summed E-state index contributed by atoms with van der Waals surface area (Å²) in [5.41, 5.74) is 2.41. The molecule has 0 atom stereocenters. The van der Waals surface area contributed by atoms with Gasteiger partial charge in [0, 0.05) is 24.5 Å². The van der Waals surface area contributed by atoms with Crippen molar-refractivity contribution in [1.29, 1.82) is 0 Å². The second-order valence-corrected chi connectivity index (χ2v) is 7.57. The van der Waals surface area contributed by atoms with Gasteiger partial charge in [-0.2, -0.15) is 0 Å². The van der Waals surface area contributed by atoms with Gasteiger partial charge in [0.1, 0.15) is 18.1 Å². The normalized spacial score (nSPS) is 17.8. The first-order valence-electron chi connectivity index (χ1n) is 10.2. The fourth-order valence-electron chi connectivity index (χ4n) is 3.69. The molecule has 2 aliphatic heterocycles. The Bertz CT molecular complexity index is 1010. The number of urea groups is 1. The number of amides is 4. The summed E-state index contributed by atoms with van der Waals surface area (Å²) >= 11 is 0. The highest BCUT2D eigenvalue weighted by atomic mass is 19.1. The molecule has 2 heterocycles. The van der Waals surface area contributed by atoms with Gasteiger partial charge < -0.3 is 15.5 Å². The summed E-state index contributed by atoms with van der Waals surface area (Å²) in [5, 5.41) is 5.05. The summed E-state index contributed by atoms with van der Waals surface area (Å²) in [4.78, 5) is 40.2. The van der Waals surface area contributed by atoms with Crippen LogP contribution in [0.4, 0.5) is 20.6 Å².